The predicted molar refractivity (Wildman–Crippen MR) is 70.0 cm³/mol. The highest BCUT2D eigenvalue weighted by atomic mass is 16.5. The molecule has 0 N–H and O–H groups in total. The van der Waals surface area contributed by atoms with E-state index in [4.69, 9.17) is 4.74 Å². The van der Waals surface area contributed by atoms with E-state index in [1.807, 2.05) is 42.5 Å². The second-order valence-electron chi connectivity index (χ2n) is 4.18. The Kier molecular flexibility index (Phi) is 2.69. The van der Waals surface area contributed by atoms with E-state index in [2.05, 4.69) is 0 Å². The zero-order valence-electron chi connectivity index (χ0n) is 9.80. The molecule has 0 bridgehead atoms. The summed E-state index contributed by atoms with van der Waals surface area (Å²) in [6.45, 7) is 0.546. The van der Waals surface area contributed by atoms with Gasteiger partial charge in [0.1, 0.15) is 12.4 Å². The monoisotopic (exact) mass is 236 g/mol. The summed E-state index contributed by atoms with van der Waals surface area (Å²) in [7, 11) is 0. The number of allylic oxidation sites excluding steroid dienone is 1. The summed E-state index contributed by atoms with van der Waals surface area (Å²) in [5.41, 5.74) is 2.82. The Hall–Kier alpha value is -2.35. The van der Waals surface area contributed by atoms with Crippen molar-refractivity contribution < 1.29 is 9.53 Å². The average Bonchev–Trinajstić information content (AvgIpc) is 2.83. The number of fused-ring (bicyclic) bond motifs is 1. The van der Waals surface area contributed by atoms with Gasteiger partial charge in [-0.3, -0.25) is 4.79 Å². The molecule has 0 aliphatic carbocycles. The van der Waals surface area contributed by atoms with Crippen LogP contribution in [0.15, 0.2) is 60.7 Å². The minimum Gasteiger partial charge on any atom is -0.488 e. The summed E-state index contributed by atoms with van der Waals surface area (Å²) in [6.07, 6.45) is 1.57. The Balaban J connectivity index is 1.93. The van der Waals surface area contributed by atoms with Gasteiger partial charge >= 0.3 is 0 Å². The molecule has 1 aliphatic heterocycles. The number of hydrogen-bond donors (Lipinski definition) is 0. The SMILES string of the molecule is O=C(/C=C1/OCc2ccccc21)c1ccccc1. The van der Waals surface area contributed by atoms with E-state index >= 15 is 0 Å². The van der Waals surface area contributed by atoms with Crippen LogP contribution in [0, 0.1) is 0 Å². The normalized spacial score (nSPS) is 15.2. The first-order valence-corrected chi connectivity index (χ1v) is 5.87. The highest BCUT2D eigenvalue weighted by Gasteiger charge is 2.17. The van der Waals surface area contributed by atoms with Gasteiger partial charge in [-0.15, -0.1) is 0 Å². The Labute approximate surface area is 106 Å². The lowest BCUT2D eigenvalue weighted by Crippen LogP contribution is -1.95. The van der Waals surface area contributed by atoms with E-state index in [9.17, 15) is 4.79 Å². The molecule has 2 aromatic carbocycles. The smallest absolute Gasteiger partial charge is 0.189 e. The van der Waals surface area contributed by atoms with Crippen LogP contribution in [0.4, 0.5) is 0 Å². The lowest BCUT2D eigenvalue weighted by Gasteiger charge is -2.00. The van der Waals surface area contributed by atoms with E-state index in [1.165, 1.54) is 0 Å². The number of carbonyl (C=O) groups excluding carboxylic acids is 1. The molecule has 2 nitrogen and oxygen atoms in total. The number of hydrogen-bond acceptors (Lipinski definition) is 2. The van der Waals surface area contributed by atoms with Crippen molar-refractivity contribution in [3.8, 4) is 0 Å². The van der Waals surface area contributed by atoms with Crippen LogP contribution in [0.25, 0.3) is 5.76 Å². The molecule has 1 aliphatic rings. The van der Waals surface area contributed by atoms with Crippen LogP contribution >= 0.6 is 0 Å². The fourth-order valence-corrected chi connectivity index (χ4v) is 2.04. The van der Waals surface area contributed by atoms with Crippen LogP contribution in [0.2, 0.25) is 0 Å². The zero-order chi connectivity index (χ0) is 12.4. The molecule has 3 rings (SSSR count). The van der Waals surface area contributed by atoms with Gasteiger partial charge in [0.15, 0.2) is 5.78 Å². The summed E-state index contributed by atoms with van der Waals surface area (Å²) in [6, 6.07) is 17.1. The van der Waals surface area contributed by atoms with Crippen molar-refractivity contribution in [1.82, 2.24) is 0 Å². The molecule has 0 aromatic heterocycles. The summed E-state index contributed by atoms with van der Waals surface area (Å²) in [5, 5.41) is 0. The number of benzene rings is 2. The third kappa shape index (κ3) is 1.93. The first-order valence-electron chi connectivity index (χ1n) is 5.87. The second kappa shape index (κ2) is 4.49. The fourth-order valence-electron chi connectivity index (χ4n) is 2.04. The third-order valence-corrected chi connectivity index (χ3v) is 2.99. The van der Waals surface area contributed by atoms with Crippen molar-refractivity contribution in [3.63, 3.8) is 0 Å². The van der Waals surface area contributed by atoms with Gasteiger partial charge < -0.3 is 4.74 Å². The molecule has 0 fully saturated rings. The Morgan fingerprint density at radius 2 is 1.72 bits per heavy atom. The molecule has 0 unspecified atom stereocenters. The second-order valence-corrected chi connectivity index (χ2v) is 4.18. The van der Waals surface area contributed by atoms with Gasteiger partial charge in [0.25, 0.3) is 0 Å². The van der Waals surface area contributed by atoms with Crippen LogP contribution in [-0.4, -0.2) is 5.78 Å². The molecule has 0 atom stereocenters. The van der Waals surface area contributed by atoms with Gasteiger partial charge in [-0.2, -0.15) is 0 Å². The molecule has 0 spiro atoms. The molecule has 2 aromatic rings. The molecular formula is C16H12O2. The van der Waals surface area contributed by atoms with Gasteiger partial charge in [0.2, 0.25) is 0 Å². The van der Waals surface area contributed by atoms with Gasteiger partial charge in [0.05, 0.1) is 0 Å². The first kappa shape index (κ1) is 10.8. The molecule has 18 heavy (non-hydrogen) atoms. The number of rotatable bonds is 2. The van der Waals surface area contributed by atoms with Crippen molar-refractivity contribution in [2.45, 2.75) is 6.61 Å². The zero-order valence-corrected chi connectivity index (χ0v) is 9.80. The molecular weight excluding hydrogens is 224 g/mol. The van der Waals surface area contributed by atoms with Crippen molar-refractivity contribution in [3.05, 3.63) is 77.4 Å². The molecule has 0 radical (unpaired) electrons. The van der Waals surface area contributed by atoms with Gasteiger partial charge in [-0.05, 0) is 0 Å². The molecule has 1 heterocycles. The summed E-state index contributed by atoms with van der Waals surface area (Å²) in [4.78, 5) is 12.1. The minimum atomic E-state index is -0.0256. The highest BCUT2D eigenvalue weighted by Crippen LogP contribution is 2.29. The fraction of sp³-hybridized carbons (Fsp3) is 0.0625. The third-order valence-electron chi connectivity index (χ3n) is 2.99. The van der Waals surface area contributed by atoms with Gasteiger partial charge in [0, 0.05) is 22.8 Å². The van der Waals surface area contributed by atoms with Crippen LogP contribution < -0.4 is 0 Å². The summed E-state index contributed by atoms with van der Waals surface area (Å²) < 4.78 is 5.56. The van der Waals surface area contributed by atoms with Crippen LogP contribution in [0.5, 0.6) is 0 Å². The average molecular weight is 236 g/mol. The maximum absolute atomic E-state index is 12.1. The standard InChI is InChI=1S/C16H12O2/c17-15(12-6-2-1-3-7-12)10-16-14-9-5-4-8-13(14)11-18-16/h1-10H,11H2/b16-10+. The van der Waals surface area contributed by atoms with E-state index in [0.717, 1.165) is 11.1 Å². The summed E-state index contributed by atoms with van der Waals surface area (Å²) >= 11 is 0. The van der Waals surface area contributed by atoms with Gasteiger partial charge in [-0.1, -0.05) is 54.6 Å². The quantitative estimate of drug-likeness (QED) is 0.589. The lowest BCUT2D eigenvalue weighted by atomic mass is 10.1. The lowest BCUT2D eigenvalue weighted by molar-refractivity contribution is 0.104. The van der Waals surface area contributed by atoms with Gasteiger partial charge in [-0.25, -0.2) is 0 Å². The Bertz CT molecular complexity index is 612. The Morgan fingerprint density at radius 1 is 1.00 bits per heavy atom. The predicted octanol–water partition coefficient (Wildman–Crippen LogP) is 3.44. The highest BCUT2D eigenvalue weighted by molar-refractivity contribution is 6.08. The summed E-state index contributed by atoms with van der Waals surface area (Å²) in [5.74, 6) is 0.641. The minimum absolute atomic E-state index is 0.0256. The Morgan fingerprint density at radius 3 is 2.56 bits per heavy atom. The van der Waals surface area contributed by atoms with E-state index < -0.39 is 0 Å². The number of ketones is 1. The van der Waals surface area contributed by atoms with Crippen molar-refractivity contribution >= 4 is 11.5 Å². The van der Waals surface area contributed by atoms with E-state index in [0.29, 0.717) is 17.9 Å². The molecule has 0 amide bonds. The van der Waals surface area contributed by atoms with Crippen LogP contribution in [-0.2, 0) is 11.3 Å². The van der Waals surface area contributed by atoms with Crippen molar-refractivity contribution in [1.29, 1.82) is 0 Å². The van der Waals surface area contributed by atoms with Crippen LogP contribution in [0.3, 0.4) is 0 Å². The molecule has 0 saturated carbocycles. The molecule has 2 heteroatoms. The maximum Gasteiger partial charge on any atom is 0.189 e. The maximum atomic E-state index is 12.1. The number of ether oxygens (including phenoxy) is 1. The van der Waals surface area contributed by atoms with Crippen molar-refractivity contribution in [2.75, 3.05) is 0 Å². The van der Waals surface area contributed by atoms with Crippen molar-refractivity contribution in [2.24, 2.45) is 0 Å². The number of carbonyl (C=O) groups is 1. The largest absolute Gasteiger partial charge is 0.488 e. The molecule has 0 saturated heterocycles. The molecule has 88 valence electrons. The topological polar surface area (TPSA) is 26.3 Å². The van der Waals surface area contributed by atoms with E-state index in [1.54, 1.807) is 18.2 Å². The first-order chi connectivity index (χ1) is 8.84. The van der Waals surface area contributed by atoms with Crippen LogP contribution in [0.1, 0.15) is 21.5 Å². The van der Waals surface area contributed by atoms with E-state index in [-0.39, 0.29) is 5.78 Å².